The van der Waals surface area contributed by atoms with Gasteiger partial charge in [-0.2, -0.15) is 0 Å². The zero-order valence-electron chi connectivity index (χ0n) is 21.9. The molecule has 4 aromatic rings. The Bertz CT molecular complexity index is 1450. The van der Waals surface area contributed by atoms with Crippen LogP contribution in [0.2, 0.25) is 10.0 Å². The Morgan fingerprint density at radius 1 is 1.13 bits per heavy atom. The monoisotopic (exact) mass is 585 g/mol. The molecule has 1 aliphatic heterocycles. The quantitative estimate of drug-likeness (QED) is 0.179. The number of aromatic nitrogens is 3. The van der Waals surface area contributed by atoms with Crippen LogP contribution in [0, 0.1) is 0 Å². The number of nitrogens with one attached hydrogen (secondary N) is 1. The highest BCUT2D eigenvalue weighted by atomic mass is 35.5. The number of rotatable bonds is 8. The second-order valence-corrected chi connectivity index (χ2v) is 12.2. The number of hydrogen-bond acceptors (Lipinski definition) is 8. The van der Waals surface area contributed by atoms with E-state index in [0.29, 0.717) is 22.5 Å². The molecule has 11 heteroatoms. The maximum atomic E-state index is 12.8. The topological polar surface area (TPSA) is 81.5 Å². The Kier molecular flexibility index (Phi) is 8.23. The summed E-state index contributed by atoms with van der Waals surface area (Å²) in [4.78, 5) is 13.6. The minimum Gasteiger partial charge on any atom is -0.459 e. The summed E-state index contributed by atoms with van der Waals surface area (Å²) in [5, 5.41) is 14.2. The molecule has 1 N–H and O–H groups in total. The highest BCUT2D eigenvalue weighted by molar-refractivity contribution is 8.00. The van der Waals surface area contributed by atoms with Crippen molar-refractivity contribution in [1.29, 1.82) is 0 Å². The maximum absolute atomic E-state index is 12.8. The maximum Gasteiger partial charge on any atom is 0.327 e. The molecule has 0 bridgehead atoms. The highest BCUT2D eigenvalue weighted by Gasteiger charge is 2.21. The van der Waals surface area contributed by atoms with E-state index in [1.54, 1.807) is 6.07 Å². The van der Waals surface area contributed by atoms with Gasteiger partial charge in [0.25, 0.3) is 0 Å². The van der Waals surface area contributed by atoms with Gasteiger partial charge in [0.05, 0.1) is 18.2 Å². The summed E-state index contributed by atoms with van der Waals surface area (Å²) >= 11 is 13.8. The number of halogens is 2. The van der Waals surface area contributed by atoms with Crippen LogP contribution in [0.3, 0.4) is 0 Å². The average Bonchev–Trinajstić information content (AvgIpc) is 3.52. The molecule has 2 aromatic carbocycles. The van der Waals surface area contributed by atoms with Gasteiger partial charge in [-0.1, -0.05) is 23.2 Å². The van der Waals surface area contributed by atoms with Crippen molar-refractivity contribution in [2.75, 3.05) is 29.4 Å². The van der Waals surface area contributed by atoms with Crippen LogP contribution in [0.15, 0.2) is 65.7 Å². The molecule has 0 radical (unpaired) electrons. The van der Waals surface area contributed by atoms with Gasteiger partial charge < -0.3 is 19.1 Å². The normalized spacial score (nSPS) is 15.5. The van der Waals surface area contributed by atoms with E-state index in [9.17, 15) is 4.79 Å². The minimum atomic E-state index is -0.592. The fraction of sp³-hybridized carbons (Fsp3) is 0.321. The molecule has 1 aliphatic rings. The molecule has 204 valence electrons. The molecule has 39 heavy (non-hydrogen) atoms. The fourth-order valence-electron chi connectivity index (χ4n) is 4.25. The molecule has 0 unspecified atom stereocenters. The highest BCUT2D eigenvalue weighted by Crippen LogP contribution is 2.34. The molecule has 5 rings (SSSR count). The first kappa shape index (κ1) is 27.6. The van der Waals surface area contributed by atoms with E-state index in [1.165, 1.54) is 11.9 Å². The number of fused-ring (bicyclic) bond motifs is 1. The number of ether oxygens (including phenoxy) is 2. The largest absolute Gasteiger partial charge is 0.459 e. The summed E-state index contributed by atoms with van der Waals surface area (Å²) in [5.41, 5.74) is 1.20. The van der Waals surface area contributed by atoms with Crippen LogP contribution in [-0.2, 0) is 14.3 Å². The van der Waals surface area contributed by atoms with Crippen LogP contribution in [0.25, 0.3) is 16.7 Å². The van der Waals surface area contributed by atoms with Gasteiger partial charge in [-0.05, 0) is 93.7 Å². The molecule has 1 fully saturated rings. The fourth-order valence-corrected chi connectivity index (χ4v) is 5.91. The lowest BCUT2D eigenvalue weighted by molar-refractivity contribution is -0.152. The van der Waals surface area contributed by atoms with E-state index >= 15 is 0 Å². The third kappa shape index (κ3) is 7.16. The molecular formula is C28H29Cl2N5O3S. The van der Waals surface area contributed by atoms with Crippen molar-refractivity contribution in [2.24, 2.45) is 0 Å². The lowest BCUT2D eigenvalue weighted by Crippen LogP contribution is -2.31. The number of benzene rings is 2. The summed E-state index contributed by atoms with van der Waals surface area (Å²) in [6.07, 6.45) is 2.92. The van der Waals surface area contributed by atoms with E-state index in [2.05, 4.69) is 15.5 Å². The summed E-state index contributed by atoms with van der Waals surface area (Å²) in [7, 11) is 0. The van der Waals surface area contributed by atoms with Crippen molar-refractivity contribution in [2.45, 2.75) is 43.7 Å². The van der Waals surface area contributed by atoms with Gasteiger partial charge in [0, 0.05) is 38.8 Å². The Labute approximate surface area is 241 Å². The van der Waals surface area contributed by atoms with Gasteiger partial charge >= 0.3 is 5.97 Å². The van der Waals surface area contributed by atoms with Crippen molar-refractivity contribution >= 4 is 63.5 Å². The second kappa shape index (κ2) is 11.6. The first-order valence-electron chi connectivity index (χ1n) is 12.6. The second-order valence-electron chi connectivity index (χ2n) is 10.2. The van der Waals surface area contributed by atoms with E-state index in [0.717, 1.165) is 40.3 Å². The number of carbonyl (C=O) groups is 1. The third-order valence-electron chi connectivity index (χ3n) is 5.89. The van der Waals surface area contributed by atoms with Gasteiger partial charge in [-0.15, -0.1) is 10.2 Å². The molecule has 0 saturated carbocycles. The van der Waals surface area contributed by atoms with Crippen molar-refractivity contribution in [3.63, 3.8) is 0 Å². The zero-order valence-corrected chi connectivity index (χ0v) is 24.2. The first-order valence-corrected chi connectivity index (χ1v) is 14.1. The standard InChI is InChI=1S/C28H29Cl2N5O3S/c1-28(2,3)38-27(36)16-35(39-23-14-19(29)13-20(30)15-23)22-4-5-24-18(12-22)8-10-34(24)26-7-6-25(32-33-26)31-21-9-11-37-17-21/h4-8,10,12-15,21H,9,11,16-17H2,1-3H3,(H,31,32)/t21-/m1/s1. The summed E-state index contributed by atoms with van der Waals surface area (Å²) < 4.78 is 14.9. The Morgan fingerprint density at radius 2 is 1.92 bits per heavy atom. The average molecular weight is 587 g/mol. The molecule has 3 heterocycles. The number of hydrogen-bond donors (Lipinski definition) is 1. The van der Waals surface area contributed by atoms with Crippen LogP contribution in [0.5, 0.6) is 0 Å². The van der Waals surface area contributed by atoms with Gasteiger partial charge in [-0.25, -0.2) is 0 Å². The van der Waals surface area contributed by atoms with E-state index in [-0.39, 0.29) is 18.6 Å². The summed E-state index contributed by atoms with van der Waals surface area (Å²) in [5.74, 6) is 1.09. The number of carbonyl (C=O) groups excluding carboxylic acids is 1. The lowest BCUT2D eigenvalue weighted by Gasteiger charge is -2.26. The Balaban J connectivity index is 1.40. The van der Waals surface area contributed by atoms with E-state index in [4.69, 9.17) is 32.7 Å². The van der Waals surface area contributed by atoms with Crippen molar-refractivity contribution in [3.05, 3.63) is 70.8 Å². The first-order chi connectivity index (χ1) is 18.6. The van der Waals surface area contributed by atoms with Crippen LogP contribution in [0.1, 0.15) is 27.2 Å². The molecule has 8 nitrogen and oxygen atoms in total. The van der Waals surface area contributed by atoms with Gasteiger partial charge in [0.1, 0.15) is 18.0 Å². The van der Waals surface area contributed by atoms with Crippen molar-refractivity contribution in [3.8, 4) is 5.82 Å². The number of nitrogens with zero attached hydrogens (tertiary/aromatic N) is 4. The van der Waals surface area contributed by atoms with Crippen LogP contribution in [0.4, 0.5) is 11.5 Å². The van der Waals surface area contributed by atoms with Crippen LogP contribution >= 0.6 is 35.1 Å². The molecule has 0 amide bonds. The van der Waals surface area contributed by atoms with Gasteiger partial charge in [-0.3, -0.25) is 9.36 Å². The molecule has 0 spiro atoms. The molecule has 1 saturated heterocycles. The number of anilines is 2. The van der Waals surface area contributed by atoms with Crippen LogP contribution < -0.4 is 9.62 Å². The van der Waals surface area contributed by atoms with Crippen molar-refractivity contribution < 1.29 is 14.3 Å². The van der Waals surface area contributed by atoms with Gasteiger partial charge in [0.2, 0.25) is 0 Å². The SMILES string of the molecule is CC(C)(C)OC(=O)CN(Sc1cc(Cl)cc(Cl)c1)c1ccc2c(ccn2-c2ccc(N[C@@H]3CCOC3)nn2)c1. The zero-order chi connectivity index (χ0) is 27.6. The van der Waals surface area contributed by atoms with E-state index < -0.39 is 5.60 Å². The third-order valence-corrected chi connectivity index (χ3v) is 7.33. The van der Waals surface area contributed by atoms with E-state index in [1.807, 2.05) is 84.4 Å². The Morgan fingerprint density at radius 3 is 2.59 bits per heavy atom. The molecular weight excluding hydrogens is 557 g/mol. The molecule has 1 atom stereocenters. The Hall–Kier alpha value is -2.98. The van der Waals surface area contributed by atoms with Gasteiger partial charge in [0.15, 0.2) is 5.82 Å². The predicted octanol–water partition coefficient (Wildman–Crippen LogP) is 6.78. The molecule has 0 aliphatic carbocycles. The smallest absolute Gasteiger partial charge is 0.327 e. The summed E-state index contributed by atoms with van der Waals surface area (Å²) in [6, 6.07) is 17.4. The summed E-state index contributed by atoms with van der Waals surface area (Å²) in [6.45, 7) is 7.03. The lowest BCUT2D eigenvalue weighted by atomic mass is 10.2. The molecule has 2 aromatic heterocycles. The number of esters is 1. The minimum absolute atomic E-state index is 0.0320. The van der Waals surface area contributed by atoms with Crippen molar-refractivity contribution in [1.82, 2.24) is 14.8 Å². The predicted molar refractivity (Wildman–Crippen MR) is 157 cm³/mol. The van der Waals surface area contributed by atoms with Crippen LogP contribution in [-0.4, -0.2) is 52.1 Å².